The Balaban J connectivity index is 2.20. The van der Waals surface area contributed by atoms with Gasteiger partial charge >= 0.3 is 5.97 Å². The van der Waals surface area contributed by atoms with Gasteiger partial charge in [-0.15, -0.1) is 0 Å². The van der Waals surface area contributed by atoms with Crippen molar-refractivity contribution in [1.82, 2.24) is 4.98 Å². The van der Waals surface area contributed by atoms with Gasteiger partial charge < -0.3 is 10.0 Å². The summed E-state index contributed by atoms with van der Waals surface area (Å²) >= 11 is 0. The monoisotopic (exact) mass is 220 g/mol. The van der Waals surface area contributed by atoms with Crippen LogP contribution in [0.2, 0.25) is 0 Å². The maximum absolute atomic E-state index is 10.8. The third kappa shape index (κ3) is 2.51. The number of carbonyl (C=O) groups is 1. The van der Waals surface area contributed by atoms with Crippen LogP contribution in [0.1, 0.15) is 24.8 Å². The maximum Gasteiger partial charge on any atom is 0.307 e. The third-order valence-corrected chi connectivity index (χ3v) is 2.93. The Kier molecular flexibility index (Phi) is 3.39. The van der Waals surface area contributed by atoms with E-state index in [0.29, 0.717) is 0 Å². The zero-order chi connectivity index (χ0) is 11.4. The number of rotatable bonds is 3. The summed E-state index contributed by atoms with van der Waals surface area (Å²) in [7, 11) is 0. The van der Waals surface area contributed by atoms with Crippen LogP contribution in [0.15, 0.2) is 18.5 Å². The number of aliphatic carboxylic acids is 1. The van der Waals surface area contributed by atoms with Crippen LogP contribution in [0.5, 0.6) is 0 Å². The molecule has 16 heavy (non-hydrogen) atoms. The number of carboxylic acids is 1. The summed E-state index contributed by atoms with van der Waals surface area (Å²) in [5.41, 5.74) is 1.86. The van der Waals surface area contributed by atoms with Gasteiger partial charge in [0.25, 0.3) is 0 Å². The van der Waals surface area contributed by atoms with Crippen LogP contribution in [0.25, 0.3) is 0 Å². The Labute approximate surface area is 94.9 Å². The molecule has 1 fully saturated rings. The molecule has 1 aliphatic heterocycles. The van der Waals surface area contributed by atoms with E-state index < -0.39 is 5.97 Å². The molecule has 4 nitrogen and oxygen atoms in total. The Morgan fingerprint density at radius 2 is 2.12 bits per heavy atom. The fourth-order valence-electron chi connectivity index (χ4n) is 2.15. The van der Waals surface area contributed by atoms with Crippen molar-refractivity contribution in [2.24, 2.45) is 0 Å². The van der Waals surface area contributed by atoms with Crippen molar-refractivity contribution in [2.45, 2.75) is 25.7 Å². The summed E-state index contributed by atoms with van der Waals surface area (Å²) in [6.07, 6.45) is 7.15. The van der Waals surface area contributed by atoms with Gasteiger partial charge in [0, 0.05) is 19.3 Å². The van der Waals surface area contributed by atoms with E-state index in [1.165, 1.54) is 19.3 Å². The first-order valence-corrected chi connectivity index (χ1v) is 5.67. The van der Waals surface area contributed by atoms with Crippen LogP contribution in [-0.2, 0) is 11.2 Å². The lowest BCUT2D eigenvalue weighted by molar-refractivity contribution is -0.136. The van der Waals surface area contributed by atoms with Gasteiger partial charge in [-0.2, -0.15) is 0 Å². The van der Waals surface area contributed by atoms with Crippen molar-refractivity contribution >= 4 is 11.7 Å². The van der Waals surface area contributed by atoms with E-state index in [1.54, 1.807) is 18.5 Å². The summed E-state index contributed by atoms with van der Waals surface area (Å²) in [5, 5.41) is 8.85. The normalized spacial score (nSPS) is 16.1. The molecule has 0 aromatic carbocycles. The summed E-state index contributed by atoms with van der Waals surface area (Å²) in [5.74, 6) is -0.788. The fraction of sp³-hybridized carbons (Fsp3) is 0.500. The molecular weight excluding hydrogens is 204 g/mol. The molecule has 1 aliphatic rings. The van der Waals surface area contributed by atoms with Gasteiger partial charge in [-0.1, -0.05) is 0 Å². The SMILES string of the molecule is O=C(O)Cc1ccncc1N1CCCCC1. The van der Waals surface area contributed by atoms with Crippen LogP contribution >= 0.6 is 0 Å². The molecular formula is C12H16N2O2. The van der Waals surface area contributed by atoms with Crippen molar-refractivity contribution in [3.05, 3.63) is 24.0 Å². The van der Waals surface area contributed by atoms with Gasteiger partial charge in [0.15, 0.2) is 0 Å². The molecule has 0 aliphatic carbocycles. The molecule has 0 amide bonds. The Morgan fingerprint density at radius 1 is 1.38 bits per heavy atom. The second-order valence-electron chi connectivity index (χ2n) is 4.12. The van der Waals surface area contributed by atoms with E-state index in [-0.39, 0.29) is 6.42 Å². The molecule has 0 radical (unpaired) electrons. The van der Waals surface area contributed by atoms with E-state index in [2.05, 4.69) is 9.88 Å². The van der Waals surface area contributed by atoms with Gasteiger partial charge in [-0.3, -0.25) is 9.78 Å². The lowest BCUT2D eigenvalue weighted by Gasteiger charge is -2.30. The minimum atomic E-state index is -0.788. The standard InChI is InChI=1S/C12H16N2O2/c15-12(16)8-10-4-5-13-9-11(10)14-6-2-1-3-7-14/h4-5,9H,1-3,6-8H2,(H,15,16). The summed E-state index contributed by atoms with van der Waals surface area (Å²) in [6, 6.07) is 1.80. The number of pyridine rings is 1. The quantitative estimate of drug-likeness (QED) is 0.842. The average molecular weight is 220 g/mol. The molecule has 1 saturated heterocycles. The molecule has 1 aromatic rings. The first-order valence-electron chi connectivity index (χ1n) is 5.67. The molecule has 0 atom stereocenters. The number of hydrogen-bond acceptors (Lipinski definition) is 3. The number of carboxylic acid groups (broad SMARTS) is 1. The molecule has 2 heterocycles. The molecule has 4 heteroatoms. The number of anilines is 1. The summed E-state index contributed by atoms with van der Waals surface area (Å²) in [4.78, 5) is 17.1. The average Bonchev–Trinajstić information content (AvgIpc) is 2.30. The topological polar surface area (TPSA) is 53.4 Å². The molecule has 86 valence electrons. The molecule has 0 unspecified atom stereocenters. The number of piperidine rings is 1. The van der Waals surface area contributed by atoms with Gasteiger partial charge in [-0.05, 0) is 30.9 Å². The van der Waals surface area contributed by atoms with Gasteiger partial charge in [0.1, 0.15) is 0 Å². The van der Waals surface area contributed by atoms with E-state index in [9.17, 15) is 4.79 Å². The Bertz CT molecular complexity index is 373. The molecule has 0 saturated carbocycles. The minimum Gasteiger partial charge on any atom is -0.481 e. The predicted octanol–water partition coefficient (Wildman–Crippen LogP) is 1.70. The van der Waals surface area contributed by atoms with Crippen molar-refractivity contribution in [1.29, 1.82) is 0 Å². The summed E-state index contributed by atoms with van der Waals surface area (Å²) < 4.78 is 0. The second kappa shape index (κ2) is 4.96. The van der Waals surface area contributed by atoms with Crippen molar-refractivity contribution in [3.8, 4) is 0 Å². The third-order valence-electron chi connectivity index (χ3n) is 2.93. The van der Waals surface area contributed by atoms with E-state index >= 15 is 0 Å². The van der Waals surface area contributed by atoms with Crippen LogP contribution in [0.3, 0.4) is 0 Å². The zero-order valence-corrected chi connectivity index (χ0v) is 9.22. The zero-order valence-electron chi connectivity index (χ0n) is 9.22. The van der Waals surface area contributed by atoms with Crippen molar-refractivity contribution < 1.29 is 9.90 Å². The largest absolute Gasteiger partial charge is 0.481 e. The number of hydrogen-bond donors (Lipinski definition) is 1. The molecule has 1 N–H and O–H groups in total. The van der Waals surface area contributed by atoms with E-state index in [0.717, 1.165) is 24.3 Å². The molecule has 1 aromatic heterocycles. The lowest BCUT2D eigenvalue weighted by Crippen LogP contribution is -2.30. The van der Waals surface area contributed by atoms with E-state index in [4.69, 9.17) is 5.11 Å². The first kappa shape index (κ1) is 10.9. The maximum atomic E-state index is 10.8. The highest BCUT2D eigenvalue weighted by atomic mass is 16.4. The smallest absolute Gasteiger partial charge is 0.307 e. The van der Waals surface area contributed by atoms with Gasteiger partial charge in [0.05, 0.1) is 18.3 Å². The Morgan fingerprint density at radius 3 is 2.81 bits per heavy atom. The first-order chi connectivity index (χ1) is 7.77. The Hall–Kier alpha value is -1.58. The lowest BCUT2D eigenvalue weighted by atomic mass is 10.1. The highest BCUT2D eigenvalue weighted by Crippen LogP contribution is 2.23. The second-order valence-corrected chi connectivity index (χ2v) is 4.12. The van der Waals surface area contributed by atoms with Crippen molar-refractivity contribution in [3.63, 3.8) is 0 Å². The molecule has 0 bridgehead atoms. The predicted molar refractivity (Wildman–Crippen MR) is 61.6 cm³/mol. The van der Waals surface area contributed by atoms with E-state index in [1.807, 2.05) is 0 Å². The van der Waals surface area contributed by atoms with Crippen LogP contribution < -0.4 is 4.90 Å². The minimum absolute atomic E-state index is 0.0777. The highest BCUT2D eigenvalue weighted by Gasteiger charge is 2.15. The van der Waals surface area contributed by atoms with Crippen LogP contribution in [0.4, 0.5) is 5.69 Å². The van der Waals surface area contributed by atoms with Crippen molar-refractivity contribution in [2.75, 3.05) is 18.0 Å². The fourth-order valence-corrected chi connectivity index (χ4v) is 2.15. The number of nitrogens with zero attached hydrogens (tertiary/aromatic N) is 2. The molecule has 2 rings (SSSR count). The van der Waals surface area contributed by atoms with Gasteiger partial charge in [0.2, 0.25) is 0 Å². The number of aromatic nitrogens is 1. The van der Waals surface area contributed by atoms with Crippen LogP contribution in [-0.4, -0.2) is 29.1 Å². The van der Waals surface area contributed by atoms with Crippen LogP contribution in [0, 0.1) is 0 Å². The summed E-state index contributed by atoms with van der Waals surface area (Å²) in [6.45, 7) is 2.02. The highest BCUT2D eigenvalue weighted by molar-refractivity contribution is 5.73. The van der Waals surface area contributed by atoms with Gasteiger partial charge in [-0.25, -0.2) is 0 Å². The molecule has 0 spiro atoms.